The molecular weight excluding hydrogens is 474 g/mol. The molecule has 2 bridgehead atoms. The van der Waals surface area contributed by atoms with Crippen LogP contribution in [0.15, 0.2) is 73.6 Å². The van der Waals surface area contributed by atoms with Crippen LogP contribution in [0.25, 0.3) is 10.9 Å². The largest absolute Gasteiger partial charge is 0.497 e. The summed E-state index contributed by atoms with van der Waals surface area (Å²) in [5.41, 5.74) is 5.37. The van der Waals surface area contributed by atoms with Gasteiger partial charge in [0.2, 0.25) is 0 Å². The highest BCUT2D eigenvalue weighted by molar-refractivity contribution is 5.84. The van der Waals surface area contributed by atoms with Crippen molar-refractivity contribution < 1.29 is 9.47 Å². The zero-order chi connectivity index (χ0) is 26.1. The lowest BCUT2D eigenvalue weighted by Gasteiger charge is -2.51. The first kappa shape index (κ1) is 24.8. The van der Waals surface area contributed by atoms with Gasteiger partial charge in [0.15, 0.2) is 0 Å². The number of hydrogen-bond donors (Lipinski definition) is 0. The lowest BCUT2D eigenvalue weighted by Crippen LogP contribution is -2.55. The monoisotopic (exact) mass is 509 g/mol. The highest BCUT2D eigenvalue weighted by Crippen LogP contribution is 2.43. The summed E-state index contributed by atoms with van der Waals surface area (Å²) in [6.07, 6.45) is 8.21. The quantitative estimate of drug-likeness (QED) is 0.284. The van der Waals surface area contributed by atoms with Crippen LogP contribution >= 0.6 is 0 Å². The van der Waals surface area contributed by atoms with E-state index in [-0.39, 0.29) is 12.1 Å². The molecule has 1 unspecified atom stereocenters. The third-order valence-corrected chi connectivity index (χ3v) is 8.25. The first-order chi connectivity index (χ1) is 18.6. The molecule has 0 N–H and O–H groups in total. The van der Waals surface area contributed by atoms with Crippen molar-refractivity contribution in [3.05, 3.63) is 96.0 Å². The number of hydrogen-bond acceptors (Lipinski definition) is 6. The van der Waals surface area contributed by atoms with E-state index in [1.165, 1.54) is 17.5 Å². The minimum atomic E-state index is -0.122. The number of aromatic nitrogens is 4. The van der Waals surface area contributed by atoms with E-state index in [4.69, 9.17) is 9.47 Å². The smallest absolute Gasteiger partial charge is 0.119 e. The van der Waals surface area contributed by atoms with Crippen LogP contribution in [0, 0.1) is 18.8 Å². The van der Waals surface area contributed by atoms with Crippen molar-refractivity contribution in [1.82, 2.24) is 24.9 Å². The second-order valence-corrected chi connectivity index (χ2v) is 10.7. The van der Waals surface area contributed by atoms with Gasteiger partial charge in [-0.1, -0.05) is 41.1 Å². The third-order valence-electron chi connectivity index (χ3n) is 8.25. The highest BCUT2D eigenvalue weighted by atomic mass is 16.5. The molecule has 5 heterocycles. The number of pyridine rings is 1. The molecule has 0 amide bonds. The summed E-state index contributed by atoms with van der Waals surface area (Å²) in [7, 11) is 1.70. The van der Waals surface area contributed by atoms with Gasteiger partial charge in [-0.3, -0.25) is 9.88 Å². The van der Waals surface area contributed by atoms with Crippen molar-refractivity contribution in [1.29, 1.82) is 0 Å². The molecule has 2 aromatic heterocycles. The molecule has 0 spiro atoms. The SMILES string of the molecule is C=C[C@H]1CN2CC[C@H]1C[C@@H]2[C@H](OCc1cn(Cc2ccc(C)cc2)nn1)c1ccnc2ccc(OC)cc12. The predicted molar refractivity (Wildman–Crippen MR) is 148 cm³/mol. The van der Waals surface area contributed by atoms with Crippen molar-refractivity contribution in [3.8, 4) is 5.75 Å². The fraction of sp³-hybridized carbons (Fsp3) is 0.387. The molecule has 0 aliphatic carbocycles. The number of rotatable bonds is 9. The average molecular weight is 510 g/mol. The van der Waals surface area contributed by atoms with Gasteiger partial charge in [0, 0.05) is 24.2 Å². The van der Waals surface area contributed by atoms with E-state index in [2.05, 4.69) is 76.2 Å². The number of ether oxygens (including phenoxy) is 2. The van der Waals surface area contributed by atoms with Crippen molar-refractivity contribution in [2.75, 3.05) is 20.2 Å². The fourth-order valence-electron chi connectivity index (χ4n) is 6.16. The van der Waals surface area contributed by atoms with E-state index >= 15 is 0 Å². The predicted octanol–water partition coefficient (Wildman–Crippen LogP) is 5.35. The van der Waals surface area contributed by atoms with Crippen LogP contribution < -0.4 is 4.74 Å². The fourth-order valence-corrected chi connectivity index (χ4v) is 6.16. The first-order valence-corrected chi connectivity index (χ1v) is 13.5. The molecule has 7 heteroatoms. The molecule has 3 aliphatic rings. The normalized spacial score (nSPS) is 23.4. The van der Waals surface area contributed by atoms with Crippen molar-refractivity contribution in [2.45, 2.75) is 45.1 Å². The zero-order valence-electron chi connectivity index (χ0n) is 22.2. The van der Waals surface area contributed by atoms with Gasteiger partial charge in [0.1, 0.15) is 11.4 Å². The molecule has 3 saturated heterocycles. The van der Waals surface area contributed by atoms with Crippen LogP contribution in [0.3, 0.4) is 0 Å². The van der Waals surface area contributed by atoms with Gasteiger partial charge in [-0.05, 0) is 73.5 Å². The first-order valence-electron chi connectivity index (χ1n) is 13.5. The summed E-state index contributed by atoms with van der Waals surface area (Å²) in [6, 6.07) is 17.0. The van der Waals surface area contributed by atoms with Crippen LogP contribution in [0.2, 0.25) is 0 Å². The van der Waals surface area contributed by atoms with E-state index in [0.29, 0.717) is 25.0 Å². The van der Waals surface area contributed by atoms with Crippen molar-refractivity contribution in [2.24, 2.45) is 11.8 Å². The van der Waals surface area contributed by atoms with Gasteiger partial charge in [-0.2, -0.15) is 0 Å². The number of fused-ring (bicyclic) bond motifs is 4. The number of piperidine rings is 3. The number of methoxy groups -OCH3 is 1. The molecule has 2 aromatic carbocycles. The molecule has 4 aromatic rings. The van der Waals surface area contributed by atoms with Crippen molar-refractivity contribution in [3.63, 3.8) is 0 Å². The van der Waals surface area contributed by atoms with Crippen LogP contribution in [0.4, 0.5) is 0 Å². The molecule has 3 aliphatic heterocycles. The van der Waals surface area contributed by atoms with E-state index in [9.17, 15) is 0 Å². The maximum atomic E-state index is 6.78. The zero-order valence-corrected chi connectivity index (χ0v) is 22.2. The Kier molecular flexibility index (Phi) is 6.96. The second kappa shape index (κ2) is 10.7. The van der Waals surface area contributed by atoms with Crippen LogP contribution in [0.1, 0.15) is 41.3 Å². The maximum absolute atomic E-state index is 6.78. The van der Waals surface area contributed by atoms with Gasteiger partial charge in [0.25, 0.3) is 0 Å². The van der Waals surface area contributed by atoms with Gasteiger partial charge in [-0.25, -0.2) is 4.68 Å². The Morgan fingerprint density at radius 1 is 1.16 bits per heavy atom. The second-order valence-electron chi connectivity index (χ2n) is 10.7. The van der Waals surface area contributed by atoms with Gasteiger partial charge in [0.05, 0.1) is 38.1 Å². The molecule has 3 fully saturated rings. The molecule has 38 heavy (non-hydrogen) atoms. The van der Waals surface area contributed by atoms with Crippen LogP contribution in [-0.4, -0.2) is 51.1 Å². The molecule has 0 radical (unpaired) electrons. The lowest BCUT2D eigenvalue weighted by atomic mass is 9.73. The van der Waals surface area contributed by atoms with Crippen molar-refractivity contribution >= 4 is 10.9 Å². The Hall–Kier alpha value is -3.55. The summed E-state index contributed by atoms with van der Waals surface area (Å²) in [6.45, 7) is 9.42. The van der Waals surface area contributed by atoms with Gasteiger partial charge < -0.3 is 9.47 Å². The molecule has 7 rings (SSSR count). The van der Waals surface area contributed by atoms with Crippen LogP contribution in [-0.2, 0) is 17.9 Å². The minimum absolute atomic E-state index is 0.122. The van der Waals surface area contributed by atoms with E-state index in [0.717, 1.165) is 47.4 Å². The third kappa shape index (κ3) is 4.96. The Labute approximate surface area is 224 Å². The van der Waals surface area contributed by atoms with Gasteiger partial charge in [-0.15, -0.1) is 11.7 Å². The Balaban J connectivity index is 1.28. The summed E-state index contributed by atoms with van der Waals surface area (Å²) in [5.74, 6) is 2.02. The summed E-state index contributed by atoms with van der Waals surface area (Å²) in [4.78, 5) is 7.22. The molecule has 5 atom stereocenters. The summed E-state index contributed by atoms with van der Waals surface area (Å²) < 4.78 is 14.2. The molecule has 7 nitrogen and oxygen atoms in total. The Bertz CT molecular complexity index is 1420. The topological polar surface area (TPSA) is 65.3 Å². The number of benzene rings is 2. The van der Waals surface area contributed by atoms with Gasteiger partial charge >= 0.3 is 0 Å². The summed E-state index contributed by atoms with van der Waals surface area (Å²) >= 11 is 0. The summed E-state index contributed by atoms with van der Waals surface area (Å²) in [5, 5.41) is 9.87. The lowest BCUT2D eigenvalue weighted by molar-refractivity contribution is -0.0809. The van der Waals surface area contributed by atoms with E-state index in [1.54, 1.807) is 7.11 Å². The number of aryl methyl sites for hydroxylation is 1. The van der Waals surface area contributed by atoms with E-state index in [1.807, 2.05) is 29.2 Å². The van der Waals surface area contributed by atoms with E-state index < -0.39 is 0 Å². The number of nitrogens with zero attached hydrogens (tertiary/aromatic N) is 5. The highest BCUT2D eigenvalue weighted by Gasteiger charge is 2.43. The minimum Gasteiger partial charge on any atom is -0.497 e. The van der Waals surface area contributed by atoms with Crippen LogP contribution in [0.5, 0.6) is 5.75 Å². The standard InChI is InChI=1S/C31H35N5O2/c1-4-23-18-35-14-12-24(23)15-30(35)31(27-11-13-32-29-10-9-26(37-3)16-28(27)29)38-20-25-19-36(34-33-25)17-22-7-5-21(2)6-8-22/h4-11,13,16,19,23-24,30-31H,1,12,14-15,17-18,20H2,2-3H3/t23-,24-,30+,31+/m0/s1. The Morgan fingerprint density at radius 3 is 2.79 bits per heavy atom. The maximum Gasteiger partial charge on any atom is 0.119 e. The average Bonchev–Trinajstić information content (AvgIpc) is 3.41. The molecule has 0 saturated carbocycles. The molecule has 196 valence electrons. The molecular formula is C31H35N5O2. The Morgan fingerprint density at radius 2 is 2.03 bits per heavy atom.